The SMILES string of the molecule is Cc1ccc([Si](C)(C)C)cc1-c1ccccc1. The molecular weight excluding hydrogens is 220 g/mol. The summed E-state index contributed by atoms with van der Waals surface area (Å²) in [7, 11) is -1.22. The molecule has 1 heteroatoms. The molecule has 0 radical (unpaired) electrons. The Morgan fingerprint density at radius 1 is 0.824 bits per heavy atom. The molecule has 0 bridgehead atoms. The second kappa shape index (κ2) is 4.50. The molecule has 0 unspecified atom stereocenters. The Bertz CT molecular complexity index is 507. The average molecular weight is 240 g/mol. The molecule has 0 aliphatic carbocycles. The van der Waals surface area contributed by atoms with Crippen LogP contribution in [-0.2, 0) is 0 Å². The number of rotatable bonds is 2. The summed E-state index contributed by atoms with van der Waals surface area (Å²) in [5.74, 6) is 0. The van der Waals surface area contributed by atoms with Crippen molar-refractivity contribution >= 4 is 13.3 Å². The second-order valence-corrected chi connectivity index (χ2v) is 10.7. The van der Waals surface area contributed by atoms with E-state index in [0.29, 0.717) is 0 Å². The van der Waals surface area contributed by atoms with E-state index in [0.717, 1.165) is 0 Å². The van der Waals surface area contributed by atoms with Gasteiger partial charge >= 0.3 is 0 Å². The minimum Gasteiger partial charge on any atom is -0.0656 e. The van der Waals surface area contributed by atoms with E-state index in [1.54, 1.807) is 0 Å². The van der Waals surface area contributed by atoms with Gasteiger partial charge in [0.2, 0.25) is 0 Å². The van der Waals surface area contributed by atoms with Gasteiger partial charge in [0.25, 0.3) is 0 Å². The molecule has 88 valence electrons. The highest BCUT2D eigenvalue weighted by Gasteiger charge is 2.17. The fourth-order valence-electron chi connectivity index (χ4n) is 2.02. The highest BCUT2D eigenvalue weighted by atomic mass is 28.3. The molecule has 0 aliphatic rings. The largest absolute Gasteiger partial charge is 0.0776 e. The van der Waals surface area contributed by atoms with Crippen molar-refractivity contribution in [3.63, 3.8) is 0 Å². The van der Waals surface area contributed by atoms with Gasteiger partial charge in [0.15, 0.2) is 0 Å². The summed E-state index contributed by atoms with van der Waals surface area (Å²) in [5.41, 5.74) is 4.06. The van der Waals surface area contributed by atoms with Crippen LogP contribution in [0, 0.1) is 6.92 Å². The van der Waals surface area contributed by atoms with Gasteiger partial charge in [-0.15, -0.1) is 0 Å². The zero-order chi connectivity index (χ0) is 12.5. The molecule has 0 saturated carbocycles. The quantitative estimate of drug-likeness (QED) is 0.690. The number of hydrogen-bond donors (Lipinski definition) is 0. The lowest BCUT2D eigenvalue weighted by Crippen LogP contribution is -2.37. The van der Waals surface area contributed by atoms with Crippen LogP contribution in [0.15, 0.2) is 48.5 Å². The molecule has 0 atom stereocenters. The number of aryl methyl sites for hydroxylation is 1. The van der Waals surface area contributed by atoms with E-state index in [-0.39, 0.29) is 0 Å². The van der Waals surface area contributed by atoms with Crippen molar-refractivity contribution < 1.29 is 0 Å². The van der Waals surface area contributed by atoms with Crippen LogP contribution in [0.25, 0.3) is 11.1 Å². The van der Waals surface area contributed by atoms with Gasteiger partial charge < -0.3 is 0 Å². The lowest BCUT2D eigenvalue weighted by atomic mass is 10.0. The first-order chi connectivity index (χ1) is 7.98. The van der Waals surface area contributed by atoms with Gasteiger partial charge in [-0.3, -0.25) is 0 Å². The second-order valence-electron chi connectivity index (χ2n) is 5.65. The molecule has 0 heterocycles. The van der Waals surface area contributed by atoms with Gasteiger partial charge in [0.05, 0.1) is 8.07 Å². The van der Waals surface area contributed by atoms with Gasteiger partial charge in [-0.1, -0.05) is 73.4 Å². The Labute approximate surface area is 105 Å². The van der Waals surface area contributed by atoms with Crippen LogP contribution in [0.4, 0.5) is 0 Å². The molecule has 0 saturated heterocycles. The molecule has 2 rings (SSSR count). The predicted octanol–water partition coefficient (Wildman–Crippen LogP) is 4.21. The van der Waals surface area contributed by atoms with Gasteiger partial charge in [-0.05, 0) is 23.6 Å². The zero-order valence-corrected chi connectivity index (χ0v) is 12.1. The molecule has 0 N–H and O–H groups in total. The Balaban J connectivity index is 2.55. The van der Waals surface area contributed by atoms with E-state index in [2.05, 4.69) is 75.1 Å². The van der Waals surface area contributed by atoms with Crippen LogP contribution in [0.5, 0.6) is 0 Å². The van der Waals surface area contributed by atoms with E-state index in [1.807, 2.05) is 0 Å². The Morgan fingerprint density at radius 2 is 1.47 bits per heavy atom. The first-order valence-electron chi connectivity index (χ1n) is 6.15. The Kier molecular flexibility index (Phi) is 3.21. The smallest absolute Gasteiger partial charge is 0.0656 e. The van der Waals surface area contributed by atoms with Crippen molar-refractivity contribution in [2.75, 3.05) is 0 Å². The summed E-state index contributed by atoms with van der Waals surface area (Å²) >= 11 is 0. The van der Waals surface area contributed by atoms with Crippen molar-refractivity contribution in [1.29, 1.82) is 0 Å². The van der Waals surface area contributed by atoms with Crippen LogP contribution < -0.4 is 5.19 Å². The van der Waals surface area contributed by atoms with Crippen molar-refractivity contribution in [1.82, 2.24) is 0 Å². The van der Waals surface area contributed by atoms with Crippen LogP contribution in [0.1, 0.15) is 5.56 Å². The maximum absolute atomic E-state index is 2.40. The lowest BCUT2D eigenvalue weighted by Gasteiger charge is -2.19. The number of hydrogen-bond acceptors (Lipinski definition) is 0. The summed E-state index contributed by atoms with van der Waals surface area (Å²) in [4.78, 5) is 0. The lowest BCUT2D eigenvalue weighted by molar-refractivity contribution is 1.46. The molecular formula is C16H20Si. The first kappa shape index (κ1) is 12.1. The maximum Gasteiger partial charge on any atom is 0.0776 e. The third-order valence-electron chi connectivity index (χ3n) is 3.19. The molecule has 0 aromatic heterocycles. The summed E-state index contributed by atoms with van der Waals surface area (Å²) in [6.07, 6.45) is 0. The summed E-state index contributed by atoms with van der Waals surface area (Å²) in [5, 5.41) is 1.53. The van der Waals surface area contributed by atoms with Crippen molar-refractivity contribution in [3.8, 4) is 11.1 Å². The molecule has 0 amide bonds. The topological polar surface area (TPSA) is 0 Å². The molecule has 17 heavy (non-hydrogen) atoms. The normalized spacial score (nSPS) is 11.5. The van der Waals surface area contributed by atoms with Crippen molar-refractivity contribution in [2.24, 2.45) is 0 Å². The summed E-state index contributed by atoms with van der Waals surface area (Å²) < 4.78 is 0. The minimum atomic E-state index is -1.22. The predicted molar refractivity (Wildman–Crippen MR) is 79.6 cm³/mol. The van der Waals surface area contributed by atoms with E-state index in [4.69, 9.17) is 0 Å². The average Bonchev–Trinajstić information content (AvgIpc) is 2.29. The molecule has 0 spiro atoms. The number of benzene rings is 2. The van der Waals surface area contributed by atoms with Gasteiger partial charge in [0.1, 0.15) is 0 Å². The first-order valence-corrected chi connectivity index (χ1v) is 9.65. The van der Waals surface area contributed by atoms with Crippen LogP contribution >= 0.6 is 0 Å². The third-order valence-corrected chi connectivity index (χ3v) is 5.23. The van der Waals surface area contributed by atoms with E-state index in [1.165, 1.54) is 21.9 Å². The van der Waals surface area contributed by atoms with Crippen molar-refractivity contribution in [2.45, 2.75) is 26.6 Å². The monoisotopic (exact) mass is 240 g/mol. The van der Waals surface area contributed by atoms with Gasteiger partial charge in [0, 0.05) is 0 Å². The van der Waals surface area contributed by atoms with Crippen LogP contribution in [-0.4, -0.2) is 8.07 Å². The fraction of sp³-hybridized carbons (Fsp3) is 0.250. The van der Waals surface area contributed by atoms with Crippen LogP contribution in [0.2, 0.25) is 19.6 Å². The molecule has 2 aromatic carbocycles. The highest BCUT2D eigenvalue weighted by molar-refractivity contribution is 6.88. The molecule has 0 aliphatic heterocycles. The van der Waals surface area contributed by atoms with Crippen molar-refractivity contribution in [3.05, 3.63) is 54.1 Å². The van der Waals surface area contributed by atoms with Crippen LogP contribution in [0.3, 0.4) is 0 Å². The van der Waals surface area contributed by atoms with E-state index in [9.17, 15) is 0 Å². The fourth-order valence-corrected chi connectivity index (χ4v) is 3.18. The highest BCUT2D eigenvalue weighted by Crippen LogP contribution is 2.22. The summed E-state index contributed by atoms with van der Waals surface area (Å²) in [6, 6.07) is 17.6. The zero-order valence-electron chi connectivity index (χ0n) is 11.1. The molecule has 0 fully saturated rings. The molecule has 2 aromatic rings. The van der Waals surface area contributed by atoms with E-state index >= 15 is 0 Å². The Hall–Kier alpha value is -1.34. The third kappa shape index (κ3) is 2.67. The standard InChI is InChI=1S/C16H20Si/c1-13-10-11-15(17(2,3)4)12-16(13)14-8-6-5-7-9-14/h5-12H,1-4H3. The maximum atomic E-state index is 2.40. The Morgan fingerprint density at radius 3 is 2.06 bits per heavy atom. The molecule has 0 nitrogen and oxygen atoms in total. The van der Waals surface area contributed by atoms with E-state index < -0.39 is 8.07 Å². The summed E-state index contributed by atoms with van der Waals surface area (Å²) in [6.45, 7) is 9.38. The van der Waals surface area contributed by atoms with Gasteiger partial charge in [-0.25, -0.2) is 0 Å². The van der Waals surface area contributed by atoms with Gasteiger partial charge in [-0.2, -0.15) is 0 Å². The minimum absolute atomic E-state index is 1.22.